The van der Waals surface area contributed by atoms with Crippen molar-refractivity contribution in [1.29, 1.82) is 0 Å². The summed E-state index contributed by atoms with van der Waals surface area (Å²) in [4.78, 5) is 0. The summed E-state index contributed by atoms with van der Waals surface area (Å²) in [5.41, 5.74) is 0. The second kappa shape index (κ2) is 10.5. The lowest BCUT2D eigenvalue weighted by atomic mass is 10.1. The first-order valence-corrected chi connectivity index (χ1v) is 8.22. The fourth-order valence-corrected chi connectivity index (χ4v) is 2.37. The van der Waals surface area contributed by atoms with E-state index in [0.717, 1.165) is 6.42 Å². The maximum atomic E-state index is 9.88. The largest absolute Gasteiger partial charge is 0.491 e. The Morgan fingerprint density at radius 2 is 2.14 bits per heavy atom. The first-order valence-electron chi connectivity index (χ1n) is 8.22. The van der Waals surface area contributed by atoms with Crippen LogP contribution in [0.2, 0.25) is 0 Å². The quantitative estimate of drug-likeness (QED) is 0.366. The number of hydrogen-bond acceptors (Lipinski definition) is 3. The topological polar surface area (TPSA) is 38.7 Å². The molecule has 0 fully saturated rings. The molecule has 3 nitrogen and oxygen atoms in total. The molecule has 3 heteroatoms. The highest BCUT2D eigenvalue weighted by Crippen LogP contribution is 2.23. The van der Waals surface area contributed by atoms with E-state index >= 15 is 0 Å². The van der Waals surface area contributed by atoms with Crippen LogP contribution in [0.1, 0.15) is 58.8 Å². The summed E-state index contributed by atoms with van der Waals surface area (Å²) >= 11 is 0. The number of hydrogen-bond donors (Lipinski definition) is 1. The van der Waals surface area contributed by atoms with Gasteiger partial charge in [-0.3, -0.25) is 0 Å². The van der Waals surface area contributed by atoms with Gasteiger partial charge in [0.05, 0.1) is 12.7 Å². The van der Waals surface area contributed by atoms with Gasteiger partial charge in [0.25, 0.3) is 0 Å². The second-order valence-electron chi connectivity index (χ2n) is 5.48. The van der Waals surface area contributed by atoms with E-state index in [0.29, 0.717) is 24.5 Å². The Labute approximate surface area is 129 Å². The van der Waals surface area contributed by atoms with E-state index in [1.165, 1.54) is 32.1 Å². The van der Waals surface area contributed by atoms with Crippen LogP contribution in [0, 0.1) is 0 Å². The van der Waals surface area contributed by atoms with E-state index in [2.05, 4.69) is 25.7 Å². The van der Waals surface area contributed by atoms with Crippen molar-refractivity contribution in [3.8, 4) is 0 Å². The first-order chi connectivity index (χ1) is 10.2. The third kappa shape index (κ3) is 7.37. The zero-order valence-electron chi connectivity index (χ0n) is 13.5. The zero-order valence-corrected chi connectivity index (χ0v) is 13.5. The molecular formula is C18H30O3. The smallest absolute Gasteiger partial charge is 0.160 e. The average Bonchev–Trinajstić information content (AvgIpc) is 2.46. The van der Waals surface area contributed by atoms with Crippen LogP contribution >= 0.6 is 0 Å². The molecule has 0 spiro atoms. The first kappa shape index (κ1) is 17.8. The number of ether oxygens (including phenoxy) is 2. The van der Waals surface area contributed by atoms with Gasteiger partial charge in [-0.1, -0.05) is 45.3 Å². The fourth-order valence-electron chi connectivity index (χ4n) is 2.37. The molecule has 1 N–H and O–H groups in total. The molecule has 21 heavy (non-hydrogen) atoms. The molecule has 0 aromatic heterocycles. The molecule has 0 unspecified atom stereocenters. The van der Waals surface area contributed by atoms with E-state index in [1.54, 1.807) is 6.08 Å². The van der Waals surface area contributed by atoms with E-state index in [4.69, 9.17) is 9.47 Å². The molecule has 0 radical (unpaired) electrons. The number of allylic oxidation sites excluding steroid dienone is 1. The summed E-state index contributed by atoms with van der Waals surface area (Å²) in [7, 11) is 0. The Hall–Kier alpha value is -1.22. The number of rotatable bonds is 10. The molecule has 0 aromatic carbocycles. The maximum absolute atomic E-state index is 9.88. The normalized spacial score (nSPS) is 22.0. The van der Waals surface area contributed by atoms with Crippen molar-refractivity contribution in [3.63, 3.8) is 0 Å². The summed E-state index contributed by atoms with van der Waals surface area (Å²) in [5.74, 6) is 1.06. The molecule has 0 aromatic rings. The van der Waals surface area contributed by atoms with E-state index in [9.17, 15) is 5.11 Å². The van der Waals surface area contributed by atoms with Crippen molar-refractivity contribution in [2.24, 2.45) is 0 Å². The third-order valence-electron chi connectivity index (χ3n) is 3.51. The predicted octanol–water partition coefficient (Wildman–Crippen LogP) is 4.49. The van der Waals surface area contributed by atoms with E-state index in [-0.39, 0.29) is 6.10 Å². The van der Waals surface area contributed by atoms with Crippen LogP contribution in [0.5, 0.6) is 0 Å². The molecule has 1 rings (SSSR count). The molecule has 1 aliphatic heterocycles. The highest BCUT2D eigenvalue weighted by atomic mass is 16.5. The minimum Gasteiger partial charge on any atom is -0.491 e. The molecule has 0 saturated heterocycles. The van der Waals surface area contributed by atoms with Gasteiger partial charge in [-0.25, -0.2) is 0 Å². The lowest BCUT2D eigenvalue weighted by molar-refractivity contribution is 0.0598. The minimum atomic E-state index is -0.495. The molecule has 0 aliphatic carbocycles. The standard InChI is InChI=1S/C18H30O3/c1-4-6-7-8-9-10-11-12-17-13-16(19)14-18(21-17)15(3)20-5-2/h11-12,14,16-17,19H,3-10,13H2,1-2H3/b12-11+/t16-,17+/m0/s1. The van der Waals surface area contributed by atoms with Crippen molar-refractivity contribution < 1.29 is 14.6 Å². The van der Waals surface area contributed by atoms with Gasteiger partial charge in [-0.2, -0.15) is 0 Å². The van der Waals surface area contributed by atoms with Gasteiger partial charge in [0.1, 0.15) is 6.10 Å². The van der Waals surface area contributed by atoms with E-state index < -0.39 is 6.10 Å². The number of aliphatic hydroxyl groups is 1. The average molecular weight is 294 g/mol. The van der Waals surface area contributed by atoms with Gasteiger partial charge in [0, 0.05) is 6.42 Å². The van der Waals surface area contributed by atoms with Crippen molar-refractivity contribution in [2.45, 2.75) is 71.0 Å². The monoisotopic (exact) mass is 294 g/mol. The Balaban J connectivity index is 2.32. The SMILES string of the molecule is C=C(OCC)C1=C[C@@H](O)C[C@@H](/C=C/CCCCCCC)O1. The summed E-state index contributed by atoms with van der Waals surface area (Å²) in [6.45, 7) is 8.51. The maximum Gasteiger partial charge on any atom is 0.160 e. The van der Waals surface area contributed by atoms with Gasteiger partial charge in [-0.15, -0.1) is 0 Å². The highest BCUT2D eigenvalue weighted by molar-refractivity contribution is 5.21. The molecule has 120 valence electrons. The Morgan fingerprint density at radius 1 is 1.38 bits per heavy atom. The molecule has 0 bridgehead atoms. The third-order valence-corrected chi connectivity index (χ3v) is 3.51. The summed E-state index contributed by atoms with van der Waals surface area (Å²) in [6.07, 6.45) is 13.4. The molecule has 2 atom stereocenters. The molecule has 1 heterocycles. The summed E-state index contributed by atoms with van der Waals surface area (Å²) < 4.78 is 11.1. The summed E-state index contributed by atoms with van der Waals surface area (Å²) in [6, 6.07) is 0. The number of aliphatic hydroxyl groups excluding tert-OH is 1. The zero-order chi connectivity index (χ0) is 15.5. The van der Waals surface area contributed by atoms with E-state index in [1.807, 2.05) is 6.92 Å². The predicted molar refractivity (Wildman–Crippen MR) is 86.9 cm³/mol. The van der Waals surface area contributed by atoms with Crippen molar-refractivity contribution in [1.82, 2.24) is 0 Å². The molecule has 0 amide bonds. The molecular weight excluding hydrogens is 264 g/mol. The van der Waals surface area contributed by atoms with Crippen molar-refractivity contribution >= 4 is 0 Å². The highest BCUT2D eigenvalue weighted by Gasteiger charge is 2.22. The number of unbranched alkanes of at least 4 members (excludes halogenated alkanes) is 5. The van der Waals surface area contributed by atoms with Gasteiger partial charge in [-0.05, 0) is 31.9 Å². The van der Waals surface area contributed by atoms with Crippen LogP contribution in [0.25, 0.3) is 0 Å². The Kier molecular flexibility index (Phi) is 8.91. The summed E-state index contributed by atoms with van der Waals surface area (Å²) in [5, 5.41) is 9.88. The Bertz CT molecular complexity index is 357. The van der Waals surface area contributed by atoms with Crippen LogP contribution < -0.4 is 0 Å². The minimum absolute atomic E-state index is 0.0900. The lowest BCUT2D eigenvalue weighted by Gasteiger charge is -2.26. The van der Waals surface area contributed by atoms with Crippen LogP contribution in [0.15, 0.2) is 36.3 Å². The van der Waals surface area contributed by atoms with Crippen LogP contribution in [0.3, 0.4) is 0 Å². The fraction of sp³-hybridized carbons (Fsp3) is 0.667. The van der Waals surface area contributed by atoms with Crippen molar-refractivity contribution in [2.75, 3.05) is 6.61 Å². The second-order valence-corrected chi connectivity index (χ2v) is 5.48. The van der Waals surface area contributed by atoms with Crippen LogP contribution in [-0.2, 0) is 9.47 Å². The van der Waals surface area contributed by atoms with Crippen LogP contribution in [-0.4, -0.2) is 23.9 Å². The van der Waals surface area contributed by atoms with Gasteiger partial charge in [0.15, 0.2) is 11.5 Å². The Morgan fingerprint density at radius 3 is 2.86 bits per heavy atom. The molecule has 1 aliphatic rings. The van der Waals surface area contributed by atoms with Gasteiger partial charge >= 0.3 is 0 Å². The lowest BCUT2D eigenvalue weighted by Crippen LogP contribution is -2.24. The van der Waals surface area contributed by atoms with Gasteiger partial charge in [0.2, 0.25) is 0 Å². The van der Waals surface area contributed by atoms with Crippen molar-refractivity contribution in [3.05, 3.63) is 36.3 Å². The van der Waals surface area contributed by atoms with Crippen LogP contribution in [0.4, 0.5) is 0 Å². The van der Waals surface area contributed by atoms with Gasteiger partial charge < -0.3 is 14.6 Å². The molecule has 0 saturated carbocycles.